The van der Waals surface area contributed by atoms with Crippen molar-refractivity contribution in [2.75, 3.05) is 46.1 Å². The van der Waals surface area contributed by atoms with Gasteiger partial charge < -0.3 is 52.0 Å². The van der Waals surface area contributed by atoms with E-state index in [9.17, 15) is 57.8 Å². The van der Waals surface area contributed by atoms with E-state index in [4.69, 9.17) is 15.3 Å². The fraction of sp³-hybridized carbons (Fsp3) is 0.618. The van der Waals surface area contributed by atoms with Gasteiger partial charge in [0.25, 0.3) is 5.91 Å². The second kappa shape index (κ2) is 39.1. The minimum Gasteiger partial charge on any atom is -0.481 e. The van der Waals surface area contributed by atoms with Crippen LogP contribution in [0.4, 0.5) is 10.5 Å². The van der Waals surface area contributed by atoms with Crippen molar-refractivity contribution in [1.82, 2.24) is 46.4 Å². The van der Waals surface area contributed by atoms with Crippen molar-refractivity contribution in [3.8, 4) is 0 Å². The van der Waals surface area contributed by atoms with E-state index in [0.29, 0.717) is 55.0 Å². The van der Waals surface area contributed by atoms with E-state index in [0.717, 1.165) is 16.9 Å². The molecule has 1 saturated heterocycles. The first-order valence-electron chi connectivity index (χ1n) is 32.8. The number of piperidine rings is 1. The number of hydroxylamine groups is 1. The zero-order chi connectivity index (χ0) is 69.9. The minimum atomic E-state index is -1.11. The molecule has 26 heteroatoms. The third kappa shape index (κ3) is 25.8. The van der Waals surface area contributed by atoms with Crippen LogP contribution in [0.25, 0.3) is 0 Å². The highest BCUT2D eigenvalue weighted by Crippen LogP contribution is 2.33. The average molecular weight is 1330 g/mol. The Kier molecular flexibility index (Phi) is 32.7. The van der Waals surface area contributed by atoms with Gasteiger partial charge in [-0.25, -0.2) is 15.3 Å². The van der Waals surface area contributed by atoms with Crippen LogP contribution < -0.4 is 37.8 Å². The first kappa shape index (κ1) is 78.6. The largest absolute Gasteiger partial charge is 0.481 e. The van der Waals surface area contributed by atoms with E-state index < -0.39 is 101 Å². The maximum Gasteiger partial charge on any atom is 0.312 e. The summed E-state index contributed by atoms with van der Waals surface area (Å²) in [6.45, 7) is 19.1. The van der Waals surface area contributed by atoms with Crippen molar-refractivity contribution in [2.45, 2.75) is 189 Å². The summed E-state index contributed by atoms with van der Waals surface area (Å²) < 4.78 is 5.88. The predicted octanol–water partition coefficient (Wildman–Crippen LogP) is 6.95. The molecule has 25 nitrogen and oxygen atoms in total. The number of hydrogen-bond donors (Lipinski definition) is 8. The van der Waals surface area contributed by atoms with Gasteiger partial charge in [0.2, 0.25) is 35.4 Å². The number of hydrogen-bond acceptors (Lipinski definition) is 16. The summed E-state index contributed by atoms with van der Waals surface area (Å²) in [6.07, 6.45) is 1.96. The highest BCUT2D eigenvalue weighted by Gasteiger charge is 2.38. The molecule has 2 heterocycles. The van der Waals surface area contributed by atoms with Gasteiger partial charge in [-0.1, -0.05) is 111 Å². The first-order valence-corrected chi connectivity index (χ1v) is 33.7. The Morgan fingerprint density at radius 3 is 2.01 bits per heavy atom. The molecule has 1 fully saturated rings. The van der Waals surface area contributed by atoms with Gasteiger partial charge in [0.15, 0.2) is 11.9 Å². The van der Waals surface area contributed by atoms with Gasteiger partial charge in [0.05, 0.1) is 18.6 Å². The SMILES string of the molecule is CC[C@H](C)[C@H](CC(=O)[C@H](C(C)C)N(C)C)C(=O)N(C)[C@H](C[C@@H](OC(C)=O)c1nc(C(=O)N[C@@H](Cc2ccccc2)C[C@H](C)C(=O)NOCc2ccc(NC(=O)[C@H](CCCNC(N)=O)NC(=O)[C@@H](NC(=O)CCCC(=O)N3CCC(C(=O)O)CC3)C(C)C)cc2)cs1)C(C)C. The number of likely N-dealkylation sites (tertiary alicyclic amines) is 1. The minimum absolute atomic E-state index is 0.00656. The second-order valence-electron chi connectivity index (χ2n) is 26.0. The molecule has 520 valence electrons. The van der Waals surface area contributed by atoms with E-state index in [1.807, 2.05) is 90.9 Å². The molecule has 94 heavy (non-hydrogen) atoms. The Balaban J connectivity index is 1.37. The van der Waals surface area contributed by atoms with Crippen LogP contribution in [-0.2, 0) is 65.8 Å². The summed E-state index contributed by atoms with van der Waals surface area (Å²) in [6, 6.07) is 11.8. The number of nitrogens with two attached hydrogens (primary N) is 1. The number of nitrogens with zero attached hydrogens (tertiary/aromatic N) is 4. The zero-order valence-electron chi connectivity index (χ0n) is 57.1. The van der Waals surface area contributed by atoms with Gasteiger partial charge in [-0.05, 0) is 106 Å². The normalized spacial score (nSPS) is 15.5. The Morgan fingerprint density at radius 2 is 1.44 bits per heavy atom. The number of urea groups is 1. The van der Waals surface area contributed by atoms with Crippen LogP contribution in [0.1, 0.15) is 173 Å². The molecule has 0 spiro atoms. The van der Waals surface area contributed by atoms with Crippen LogP contribution in [0, 0.1) is 41.4 Å². The molecule has 3 aromatic rings. The molecule has 0 bridgehead atoms. The van der Waals surface area contributed by atoms with Crippen molar-refractivity contribution in [3.05, 3.63) is 81.8 Å². The number of benzene rings is 2. The Hall–Kier alpha value is -7.84. The van der Waals surface area contributed by atoms with Crippen LogP contribution in [0.5, 0.6) is 0 Å². The van der Waals surface area contributed by atoms with Gasteiger partial charge in [0.1, 0.15) is 22.8 Å². The van der Waals surface area contributed by atoms with Crippen molar-refractivity contribution in [1.29, 1.82) is 0 Å². The molecule has 0 aliphatic carbocycles. The number of aliphatic carboxylic acids is 1. The van der Waals surface area contributed by atoms with Crippen LogP contribution >= 0.6 is 11.3 Å². The number of carbonyl (C=O) groups is 11. The Labute approximate surface area is 557 Å². The summed E-state index contributed by atoms with van der Waals surface area (Å²) in [4.78, 5) is 160. The molecule has 1 aliphatic rings. The number of nitrogens with one attached hydrogen (secondary N) is 6. The number of amides is 9. The van der Waals surface area contributed by atoms with Gasteiger partial charge in [-0.3, -0.25) is 57.7 Å². The monoisotopic (exact) mass is 1330 g/mol. The molecule has 0 radical (unpaired) electrons. The fourth-order valence-electron chi connectivity index (χ4n) is 11.7. The lowest BCUT2D eigenvalue weighted by Gasteiger charge is -2.37. The third-order valence-corrected chi connectivity index (χ3v) is 18.2. The summed E-state index contributed by atoms with van der Waals surface area (Å²) in [5, 5.41) is 25.1. The molecular formula is C68H103N11O14S. The number of carboxylic acid groups (broad SMARTS) is 1. The summed E-state index contributed by atoms with van der Waals surface area (Å²) in [5.74, 6) is -6.64. The number of ether oxygens (including phenoxy) is 1. The Morgan fingerprint density at radius 1 is 0.777 bits per heavy atom. The van der Waals surface area contributed by atoms with Gasteiger partial charge in [0, 0.05) is 94.3 Å². The quantitative estimate of drug-likeness (QED) is 0.0163. The number of esters is 1. The number of carbonyl (C=O) groups excluding carboxylic acids is 10. The average Bonchev–Trinajstić information content (AvgIpc) is 1.40. The summed E-state index contributed by atoms with van der Waals surface area (Å²) in [7, 11) is 5.47. The van der Waals surface area contributed by atoms with Crippen molar-refractivity contribution >= 4 is 82.1 Å². The van der Waals surface area contributed by atoms with E-state index in [-0.39, 0.29) is 112 Å². The highest BCUT2D eigenvalue weighted by atomic mass is 32.1. The van der Waals surface area contributed by atoms with Crippen LogP contribution in [0.3, 0.4) is 0 Å². The van der Waals surface area contributed by atoms with Crippen molar-refractivity contribution < 1.29 is 67.4 Å². The molecule has 1 aliphatic heterocycles. The maximum absolute atomic E-state index is 14.5. The highest BCUT2D eigenvalue weighted by molar-refractivity contribution is 7.09. The number of aromatic nitrogens is 1. The second-order valence-corrected chi connectivity index (χ2v) is 26.9. The number of rotatable bonds is 39. The molecule has 0 saturated carbocycles. The van der Waals surface area contributed by atoms with E-state index in [1.165, 1.54) is 6.92 Å². The number of primary amides is 1. The third-order valence-electron chi connectivity index (χ3n) is 17.2. The number of thiazole rings is 1. The van der Waals surface area contributed by atoms with Crippen molar-refractivity contribution in [2.24, 2.45) is 47.2 Å². The molecule has 9 amide bonds. The van der Waals surface area contributed by atoms with Gasteiger partial charge in [-0.15, -0.1) is 11.3 Å². The van der Waals surface area contributed by atoms with Crippen LogP contribution in [0.2, 0.25) is 0 Å². The lowest BCUT2D eigenvalue weighted by atomic mass is 9.82. The van der Waals surface area contributed by atoms with Crippen LogP contribution in [0.15, 0.2) is 60.0 Å². The van der Waals surface area contributed by atoms with Gasteiger partial charge >= 0.3 is 18.0 Å². The van der Waals surface area contributed by atoms with E-state index >= 15 is 0 Å². The van der Waals surface area contributed by atoms with Crippen LogP contribution in [-0.4, -0.2) is 161 Å². The number of likely N-dealkylation sites (N-methyl/N-ethyl adjacent to an activating group) is 1. The number of anilines is 1. The Bertz CT molecular complexity index is 2980. The summed E-state index contributed by atoms with van der Waals surface area (Å²) in [5.41, 5.74) is 9.74. The molecule has 2 aromatic carbocycles. The lowest BCUT2D eigenvalue weighted by Crippen LogP contribution is -2.54. The lowest BCUT2D eigenvalue weighted by molar-refractivity contribution is -0.150. The van der Waals surface area contributed by atoms with E-state index in [2.05, 4.69) is 37.0 Å². The van der Waals surface area contributed by atoms with Gasteiger partial charge in [-0.2, -0.15) is 0 Å². The smallest absolute Gasteiger partial charge is 0.312 e. The number of carboxylic acids is 1. The standard InChI is InChI=1S/C68H103N11O14S/c1-14-43(8)51(36-55(81)60(42(6)7)77(11)12)66(88)78(13)54(40(2)3)37-56(93-45(10)80)65-74-53(39-94-65)63(86)72-50(35-46-20-16-15-17-21-46)34-44(9)61(84)76-92-38-47-25-27-49(28-26-47)71-62(85)52(22-19-31-70-68(69)91)73-64(87)59(41(4)5)75-57(82)23-18-24-58(83)79-32-29-48(30-33-79)67(89)90/h15-17,20-21,25-28,39-44,48,50-52,54,56,59-60H,14,18-19,22-24,29-38H2,1-13H3,(H,71,85)(H,72,86)(H,73,87)(H,75,82)(H,76,84)(H,89,90)(H3,69,70,91)/t43-,44-,50+,51-,52-,54+,56+,59-,60-/m0/s1. The number of Topliss-reactive ketones (excluding diaryl/α,β-unsaturated/α-hetero) is 1. The van der Waals surface area contributed by atoms with E-state index in [1.54, 1.807) is 67.3 Å². The summed E-state index contributed by atoms with van der Waals surface area (Å²) >= 11 is 1.15. The maximum atomic E-state index is 14.5. The number of ketones is 1. The topological polar surface area (TPSA) is 347 Å². The molecular weight excluding hydrogens is 1230 g/mol. The predicted molar refractivity (Wildman–Crippen MR) is 357 cm³/mol. The fourth-order valence-corrected chi connectivity index (χ4v) is 12.6. The molecule has 1 aromatic heterocycles. The molecule has 9 N–H and O–H groups in total. The molecule has 9 atom stereocenters. The molecule has 0 unspecified atom stereocenters. The zero-order valence-corrected chi connectivity index (χ0v) is 57.9. The first-order chi connectivity index (χ1) is 44.4. The molecule has 4 rings (SSSR count). The van der Waals surface area contributed by atoms with Crippen molar-refractivity contribution in [3.63, 3.8) is 0 Å².